The summed E-state index contributed by atoms with van der Waals surface area (Å²) in [6.07, 6.45) is 6.58. The maximum absolute atomic E-state index is 13.4. The van der Waals surface area contributed by atoms with Gasteiger partial charge in [0.25, 0.3) is 0 Å². The van der Waals surface area contributed by atoms with Gasteiger partial charge in [-0.1, -0.05) is 18.9 Å². The highest BCUT2D eigenvalue weighted by molar-refractivity contribution is 5.21. The number of unbranched alkanes of at least 4 members (excludes halogenated alkanes) is 3. The maximum atomic E-state index is 13.4. The van der Waals surface area contributed by atoms with Crippen molar-refractivity contribution in [3.63, 3.8) is 0 Å². The number of hydrogen-bond acceptors (Lipinski definition) is 1. The van der Waals surface area contributed by atoms with Gasteiger partial charge in [0.15, 0.2) is 0 Å². The third-order valence-corrected chi connectivity index (χ3v) is 2.78. The SMILES string of the molecule is C=CCCCCCC(N)c1cc(F)ccc1F. The van der Waals surface area contributed by atoms with Crippen molar-refractivity contribution in [2.75, 3.05) is 0 Å². The van der Waals surface area contributed by atoms with Crippen LogP contribution in [0.15, 0.2) is 30.9 Å². The minimum Gasteiger partial charge on any atom is -0.324 e. The Balaban J connectivity index is 2.43. The molecule has 0 aliphatic rings. The number of nitrogens with two attached hydrogens (primary N) is 1. The van der Waals surface area contributed by atoms with Crippen LogP contribution in [0.2, 0.25) is 0 Å². The van der Waals surface area contributed by atoms with Crippen molar-refractivity contribution >= 4 is 0 Å². The second-order valence-corrected chi connectivity index (χ2v) is 4.20. The molecule has 0 aliphatic carbocycles. The van der Waals surface area contributed by atoms with Crippen LogP contribution in [0.3, 0.4) is 0 Å². The van der Waals surface area contributed by atoms with Gasteiger partial charge >= 0.3 is 0 Å². The van der Waals surface area contributed by atoms with Gasteiger partial charge in [0.1, 0.15) is 11.6 Å². The monoisotopic (exact) mass is 239 g/mol. The Kier molecular flexibility index (Phi) is 5.84. The van der Waals surface area contributed by atoms with E-state index in [4.69, 9.17) is 5.73 Å². The lowest BCUT2D eigenvalue weighted by Crippen LogP contribution is -2.12. The van der Waals surface area contributed by atoms with E-state index >= 15 is 0 Å². The van der Waals surface area contributed by atoms with E-state index in [0.29, 0.717) is 6.42 Å². The number of benzene rings is 1. The first-order valence-electron chi connectivity index (χ1n) is 5.96. The molecule has 0 aliphatic heterocycles. The third-order valence-electron chi connectivity index (χ3n) is 2.78. The van der Waals surface area contributed by atoms with E-state index in [0.717, 1.165) is 37.8 Å². The summed E-state index contributed by atoms with van der Waals surface area (Å²) < 4.78 is 26.4. The quantitative estimate of drug-likeness (QED) is 0.562. The fourth-order valence-corrected chi connectivity index (χ4v) is 1.78. The van der Waals surface area contributed by atoms with Crippen LogP contribution in [0.4, 0.5) is 8.78 Å². The Morgan fingerprint density at radius 2 is 2.00 bits per heavy atom. The fraction of sp³-hybridized carbons (Fsp3) is 0.429. The zero-order valence-electron chi connectivity index (χ0n) is 9.96. The molecule has 17 heavy (non-hydrogen) atoms. The van der Waals surface area contributed by atoms with E-state index in [1.165, 1.54) is 6.07 Å². The standard InChI is InChI=1S/C14H19F2N/c1-2-3-4-5-6-7-14(17)12-10-11(15)8-9-13(12)16/h2,8-10,14H,1,3-7,17H2. The molecule has 94 valence electrons. The zero-order valence-corrected chi connectivity index (χ0v) is 9.96. The van der Waals surface area contributed by atoms with Crippen LogP contribution in [0, 0.1) is 11.6 Å². The molecule has 3 heteroatoms. The summed E-state index contributed by atoms with van der Waals surface area (Å²) in [6, 6.07) is 3.00. The average Bonchev–Trinajstić information content (AvgIpc) is 2.32. The van der Waals surface area contributed by atoms with Gasteiger partial charge in [0.2, 0.25) is 0 Å². The molecule has 0 bridgehead atoms. The van der Waals surface area contributed by atoms with E-state index in [9.17, 15) is 8.78 Å². The van der Waals surface area contributed by atoms with Crippen LogP contribution in [-0.2, 0) is 0 Å². The molecule has 0 aromatic heterocycles. The topological polar surface area (TPSA) is 26.0 Å². The van der Waals surface area contributed by atoms with Crippen molar-refractivity contribution in [2.24, 2.45) is 5.73 Å². The summed E-state index contributed by atoms with van der Waals surface area (Å²) in [5.41, 5.74) is 6.12. The molecule has 0 spiro atoms. The van der Waals surface area contributed by atoms with Crippen LogP contribution in [0.1, 0.15) is 43.7 Å². The van der Waals surface area contributed by atoms with Crippen molar-refractivity contribution < 1.29 is 8.78 Å². The van der Waals surface area contributed by atoms with E-state index in [-0.39, 0.29) is 5.56 Å². The largest absolute Gasteiger partial charge is 0.324 e. The van der Waals surface area contributed by atoms with Crippen LogP contribution in [0.25, 0.3) is 0 Å². The first kappa shape index (κ1) is 13.8. The summed E-state index contributed by atoms with van der Waals surface area (Å²) in [4.78, 5) is 0. The fourth-order valence-electron chi connectivity index (χ4n) is 1.78. The van der Waals surface area contributed by atoms with Gasteiger partial charge in [0, 0.05) is 11.6 Å². The Morgan fingerprint density at radius 1 is 1.24 bits per heavy atom. The highest BCUT2D eigenvalue weighted by Crippen LogP contribution is 2.21. The van der Waals surface area contributed by atoms with E-state index in [2.05, 4.69) is 6.58 Å². The lowest BCUT2D eigenvalue weighted by atomic mass is 10.0. The molecular weight excluding hydrogens is 220 g/mol. The Hall–Kier alpha value is -1.22. The van der Waals surface area contributed by atoms with Crippen LogP contribution in [-0.4, -0.2) is 0 Å². The zero-order chi connectivity index (χ0) is 12.7. The molecule has 1 atom stereocenters. The molecule has 1 nitrogen and oxygen atoms in total. The van der Waals surface area contributed by atoms with Gasteiger partial charge < -0.3 is 5.73 Å². The maximum Gasteiger partial charge on any atom is 0.128 e. The molecule has 0 saturated carbocycles. The van der Waals surface area contributed by atoms with Crippen molar-refractivity contribution in [1.29, 1.82) is 0 Å². The van der Waals surface area contributed by atoms with Gasteiger partial charge in [-0.3, -0.25) is 0 Å². The van der Waals surface area contributed by atoms with Crippen molar-refractivity contribution in [3.05, 3.63) is 48.1 Å². The molecule has 2 N–H and O–H groups in total. The second kappa shape index (κ2) is 7.17. The van der Waals surface area contributed by atoms with Crippen molar-refractivity contribution in [3.8, 4) is 0 Å². The van der Waals surface area contributed by atoms with Gasteiger partial charge in [-0.25, -0.2) is 8.78 Å². The molecular formula is C14H19F2N. The Labute approximate surface area is 101 Å². The van der Waals surface area contributed by atoms with Gasteiger partial charge in [-0.15, -0.1) is 6.58 Å². The Morgan fingerprint density at radius 3 is 2.71 bits per heavy atom. The summed E-state index contributed by atoms with van der Waals surface area (Å²) in [6.45, 7) is 3.65. The van der Waals surface area contributed by atoms with Gasteiger partial charge in [0.05, 0.1) is 0 Å². The molecule has 1 unspecified atom stereocenters. The number of halogens is 2. The summed E-state index contributed by atoms with van der Waals surface area (Å²) in [5, 5.41) is 0. The number of rotatable bonds is 7. The van der Waals surface area contributed by atoms with Gasteiger partial charge in [-0.2, -0.15) is 0 Å². The van der Waals surface area contributed by atoms with E-state index < -0.39 is 17.7 Å². The number of allylic oxidation sites excluding steroid dienone is 1. The average molecular weight is 239 g/mol. The predicted octanol–water partition coefficient (Wildman–Crippen LogP) is 4.10. The van der Waals surface area contributed by atoms with Crippen LogP contribution >= 0.6 is 0 Å². The van der Waals surface area contributed by atoms with Crippen LogP contribution < -0.4 is 5.73 Å². The highest BCUT2D eigenvalue weighted by atomic mass is 19.1. The summed E-state index contributed by atoms with van der Waals surface area (Å²) in [5.74, 6) is -0.867. The Bertz CT molecular complexity index is 363. The van der Waals surface area contributed by atoms with Crippen LogP contribution in [0.5, 0.6) is 0 Å². The third kappa shape index (κ3) is 4.65. The molecule has 0 amide bonds. The van der Waals surface area contributed by atoms with E-state index in [1.807, 2.05) is 6.08 Å². The second-order valence-electron chi connectivity index (χ2n) is 4.20. The lowest BCUT2D eigenvalue weighted by Gasteiger charge is -2.12. The number of hydrogen-bond donors (Lipinski definition) is 1. The highest BCUT2D eigenvalue weighted by Gasteiger charge is 2.11. The molecule has 0 heterocycles. The summed E-state index contributed by atoms with van der Waals surface area (Å²) >= 11 is 0. The van der Waals surface area contributed by atoms with Gasteiger partial charge in [-0.05, 0) is 37.5 Å². The minimum absolute atomic E-state index is 0.272. The molecule has 0 saturated heterocycles. The van der Waals surface area contributed by atoms with E-state index in [1.54, 1.807) is 0 Å². The smallest absolute Gasteiger partial charge is 0.128 e. The molecule has 1 aromatic rings. The lowest BCUT2D eigenvalue weighted by molar-refractivity contribution is 0.525. The predicted molar refractivity (Wildman–Crippen MR) is 66.6 cm³/mol. The summed E-state index contributed by atoms with van der Waals surface area (Å²) in [7, 11) is 0. The minimum atomic E-state index is -0.441. The normalized spacial score (nSPS) is 12.4. The van der Waals surface area contributed by atoms with Crippen molar-refractivity contribution in [2.45, 2.75) is 38.1 Å². The molecule has 0 fully saturated rings. The first-order valence-corrected chi connectivity index (χ1v) is 5.96. The first-order chi connectivity index (χ1) is 8.15. The van der Waals surface area contributed by atoms with Crippen molar-refractivity contribution in [1.82, 2.24) is 0 Å². The molecule has 1 rings (SSSR count). The molecule has 1 aromatic carbocycles. The molecule has 0 radical (unpaired) electrons.